The van der Waals surface area contributed by atoms with E-state index in [2.05, 4.69) is 0 Å². The Morgan fingerprint density at radius 3 is 3.07 bits per heavy atom. The first-order valence-electron chi connectivity index (χ1n) is 4.81. The van der Waals surface area contributed by atoms with E-state index in [9.17, 15) is 4.79 Å². The molecular weight excluding hydrogens is 186 g/mol. The maximum absolute atomic E-state index is 10.5. The fourth-order valence-corrected chi connectivity index (χ4v) is 1.50. The first-order chi connectivity index (χ1) is 6.70. The molecule has 1 unspecified atom stereocenters. The van der Waals surface area contributed by atoms with Crippen LogP contribution in [0.4, 0.5) is 4.79 Å². The van der Waals surface area contributed by atoms with E-state index in [0.29, 0.717) is 20.0 Å². The van der Waals surface area contributed by atoms with E-state index in [-0.39, 0.29) is 12.0 Å². The van der Waals surface area contributed by atoms with Crippen molar-refractivity contribution >= 4 is 6.09 Å². The van der Waals surface area contributed by atoms with Gasteiger partial charge in [0.05, 0.1) is 6.61 Å². The van der Waals surface area contributed by atoms with Gasteiger partial charge in [-0.15, -0.1) is 0 Å². The van der Waals surface area contributed by atoms with Gasteiger partial charge in [0, 0.05) is 12.5 Å². The maximum atomic E-state index is 10.5. The smallest absolute Gasteiger partial charge is 0.404 e. The lowest BCUT2D eigenvalue weighted by Crippen LogP contribution is -2.31. The largest absolute Gasteiger partial charge is 0.446 e. The number of ether oxygens (including phenoxy) is 3. The van der Waals surface area contributed by atoms with E-state index >= 15 is 0 Å². The molecule has 2 atom stereocenters. The van der Waals surface area contributed by atoms with Crippen molar-refractivity contribution in [1.82, 2.24) is 0 Å². The summed E-state index contributed by atoms with van der Waals surface area (Å²) in [7, 11) is 0. The fraction of sp³-hybridized carbons (Fsp3) is 0.889. The van der Waals surface area contributed by atoms with Crippen molar-refractivity contribution in [1.29, 1.82) is 0 Å². The van der Waals surface area contributed by atoms with Crippen molar-refractivity contribution in [2.24, 2.45) is 11.7 Å². The van der Waals surface area contributed by atoms with Crippen LogP contribution in [0.1, 0.15) is 19.8 Å². The van der Waals surface area contributed by atoms with Gasteiger partial charge < -0.3 is 19.9 Å². The number of carbonyl (C=O) groups excluding carboxylic acids is 1. The highest BCUT2D eigenvalue weighted by molar-refractivity contribution is 5.64. The molecule has 0 spiro atoms. The number of hydrogen-bond donors (Lipinski definition) is 1. The van der Waals surface area contributed by atoms with Gasteiger partial charge in [-0.05, 0) is 19.8 Å². The molecule has 0 aromatic heterocycles. The van der Waals surface area contributed by atoms with E-state index < -0.39 is 6.09 Å². The molecular formula is C9H17NO4. The molecule has 1 fully saturated rings. The van der Waals surface area contributed by atoms with Crippen LogP contribution >= 0.6 is 0 Å². The molecule has 1 aliphatic rings. The summed E-state index contributed by atoms with van der Waals surface area (Å²) in [6, 6.07) is 0. The molecule has 0 aromatic rings. The van der Waals surface area contributed by atoms with Crippen molar-refractivity contribution in [3.63, 3.8) is 0 Å². The summed E-state index contributed by atoms with van der Waals surface area (Å²) in [5, 5.41) is 0. The van der Waals surface area contributed by atoms with Crippen LogP contribution in [0.2, 0.25) is 0 Å². The topological polar surface area (TPSA) is 70.8 Å². The van der Waals surface area contributed by atoms with Crippen LogP contribution in [-0.2, 0) is 14.2 Å². The van der Waals surface area contributed by atoms with Gasteiger partial charge in [0.15, 0.2) is 0 Å². The second-order valence-corrected chi connectivity index (χ2v) is 3.44. The average molecular weight is 203 g/mol. The molecule has 5 heteroatoms. The Morgan fingerprint density at radius 1 is 1.57 bits per heavy atom. The molecule has 0 radical (unpaired) electrons. The van der Waals surface area contributed by atoms with Crippen molar-refractivity contribution in [2.45, 2.75) is 25.9 Å². The van der Waals surface area contributed by atoms with Crippen LogP contribution < -0.4 is 5.73 Å². The first kappa shape index (κ1) is 11.3. The summed E-state index contributed by atoms with van der Waals surface area (Å²) >= 11 is 0. The molecule has 14 heavy (non-hydrogen) atoms. The highest BCUT2D eigenvalue weighted by Gasteiger charge is 2.21. The summed E-state index contributed by atoms with van der Waals surface area (Å²) in [5.74, 6) is 0.214. The molecule has 1 aliphatic heterocycles. The Morgan fingerprint density at radius 2 is 2.36 bits per heavy atom. The minimum absolute atomic E-state index is 0.189. The summed E-state index contributed by atoms with van der Waals surface area (Å²) in [6.45, 7) is 3.40. The molecule has 1 saturated heterocycles. The van der Waals surface area contributed by atoms with Crippen LogP contribution in [0.15, 0.2) is 0 Å². The highest BCUT2D eigenvalue weighted by Crippen LogP contribution is 2.17. The van der Waals surface area contributed by atoms with E-state index in [1.165, 1.54) is 0 Å². The molecule has 0 bridgehead atoms. The summed E-state index contributed by atoms with van der Waals surface area (Å²) in [5.41, 5.74) is 4.94. The number of hydrogen-bond acceptors (Lipinski definition) is 4. The quantitative estimate of drug-likeness (QED) is 0.723. The van der Waals surface area contributed by atoms with Crippen LogP contribution in [0.25, 0.3) is 0 Å². The summed E-state index contributed by atoms with van der Waals surface area (Å²) in [6.07, 6.45) is 0.969. The second kappa shape index (κ2) is 5.82. The highest BCUT2D eigenvalue weighted by atomic mass is 16.7. The predicted octanol–water partition coefficient (Wildman–Crippen LogP) is 0.871. The van der Waals surface area contributed by atoms with E-state index in [4.69, 9.17) is 19.9 Å². The van der Waals surface area contributed by atoms with Crippen molar-refractivity contribution in [2.75, 3.05) is 20.0 Å². The lowest BCUT2D eigenvalue weighted by molar-refractivity contribution is -0.0942. The maximum Gasteiger partial charge on any atom is 0.404 e. The monoisotopic (exact) mass is 203 g/mol. The second-order valence-electron chi connectivity index (χ2n) is 3.44. The zero-order chi connectivity index (χ0) is 10.4. The molecule has 2 N–H and O–H groups in total. The van der Waals surface area contributed by atoms with Crippen LogP contribution in [0, 0.1) is 5.92 Å². The number of carbonyl (C=O) groups is 1. The van der Waals surface area contributed by atoms with Gasteiger partial charge in [-0.25, -0.2) is 4.79 Å². The fourth-order valence-electron chi connectivity index (χ4n) is 1.50. The van der Waals surface area contributed by atoms with Gasteiger partial charge in [0.2, 0.25) is 0 Å². The number of nitrogens with two attached hydrogens (primary N) is 1. The van der Waals surface area contributed by atoms with Gasteiger partial charge in [0.1, 0.15) is 12.9 Å². The van der Waals surface area contributed by atoms with Crippen LogP contribution in [0.3, 0.4) is 0 Å². The molecule has 1 heterocycles. The standard InChI is InChI=1S/C9H17NO4/c1-7(14-9(10)11)8-3-2-4-12-6-13-5-8/h7-8H,2-6H2,1H3,(H2,10,11)/t7-,8?/m1/s1. The lowest BCUT2D eigenvalue weighted by Gasteiger charge is -2.25. The van der Waals surface area contributed by atoms with Crippen LogP contribution in [0.5, 0.6) is 0 Å². The molecule has 0 aliphatic carbocycles. The molecule has 1 amide bonds. The lowest BCUT2D eigenvalue weighted by atomic mass is 9.99. The van der Waals surface area contributed by atoms with E-state index in [0.717, 1.165) is 12.8 Å². The van der Waals surface area contributed by atoms with E-state index in [1.807, 2.05) is 6.92 Å². The van der Waals surface area contributed by atoms with Crippen molar-refractivity contribution in [3.05, 3.63) is 0 Å². The number of rotatable bonds is 2. The third-order valence-corrected chi connectivity index (χ3v) is 2.33. The molecule has 1 rings (SSSR count). The zero-order valence-electron chi connectivity index (χ0n) is 8.40. The van der Waals surface area contributed by atoms with Crippen molar-refractivity contribution in [3.8, 4) is 0 Å². The molecule has 5 nitrogen and oxygen atoms in total. The Balaban J connectivity index is 2.34. The van der Waals surface area contributed by atoms with E-state index in [1.54, 1.807) is 0 Å². The first-order valence-corrected chi connectivity index (χ1v) is 4.81. The normalized spacial score (nSPS) is 25.9. The number of primary amides is 1. The Kier molecular flexibility index (Phi) is 4.69. The van der Waals surface area contributed by atoms with Gasteiger partial charge in [0.25, 0.3) is 0 Å². The predicted molar refractivity (Wildman–Crippen MR) is 49.6 cm³/mol. The third kappa shape index (κ3) is 3.93. The van der Waals surface area contributed by atoms with Crippen molar-refractivity contribution < 1.29 is 19.0 Å². The third-order valence-electron chi connectivity index (χ3n) is 2.33. The summed E-state index contributed by atoms with van der Waals surface area (Å²) < 4.78 is 15.3. The zero-order valence-corrected chi connectivity index (χ0v) is 8.40. The van der Waals surface area contributed by atoms with Crippen LogP contribution in [-0.4, -0.2) is 32.2 Å². The Hall–Kier alpha value is -0.810. The average Bonchev–Trinajstić information content (AvgIpc) is 2.00. The van der Waals surface area contributed by atoms with Gasteiger partial charge in [-0.3, -0.25) is 0 Å². The summed E-state index contributed by atoms with van der Waals surface area (Å²) in [4.78, 5) is 10.5. The molecule has 82 valence electrons. The minimum Gasteiger partial charge on any atom is -0.446 e. The van der Waals surface area contributed by atoms with Gasteiger partial charge >= 0.3 is 6.09 Å². The van der Waals surface area contributed by atoms with Gasteiger partial charge in [-0.2, -0.15) is 0 Å². The minimum atomic E-state index is -0.726. The Labute approximate surface area is 83.5 Å². The SMILES string of the molecule is C[C@@H](OC(N)=O)C1CCCOCOC1. The van der Waals surface area contributed by atoms with Gasteiger partial charge in [-0.1, -0.05) is 0 Å². The molecule has 0 aromatic carbocycles. The molecule has 0 saturated carbocycles. The Bertz CT molecular complexity index is 178. The number of amides is 1.